The van der Waals surface area contributed by atoms with Gasteiger partial charge in [0.15, 0.2) is 0 Å². The van der Waals surface area contributed by atoms with Crippen molar-refractivity contribution in [3.8, 4) is 0 Å². The van der Waals surface area contributed by atoms with Gasteiger partial charge in [0.05, 0.1) is 5.56 Å². The van der Waals surface area contributed by atoms with Gasteiger partial charge in [-0.3, -0.25) is 4.98 Å². The molecule has 1 unspecified atom stereocenters. The van der Waals surface area contributed by atoms with Crippen molar-refractivity contribution in [3.05, 3.63) is 29.6 Å². The highest BCUT2D eigenvalue weighted by Gasteiger charge is 2.30. The molecule has 84 valence electrons. The lowest BCUT2D eigenvalue weighted by molar-refractivity contribution is -0.137. The van der Waals surface area contributed by atoms with Gasteiger partial charge in [-0.1, -0.05) is 20.3 Å². The van der Waals surface area contributed by atoms with E-state index in [4.69, 9.17) is 0 Å². The Labute approximate surface area is 87.3 Å². The summed E-state index contributed by atoms with van der Waals surface area (Å²) in [4.78, 5) is 3.97. The lowest BCUT2D eigenvalue weighted by Gasteiger charge is -2.12. The third kappa shape index (κ3) is 3.22. The average Bonchev–Trinajstić information content (AvgIpc) is 2.17. The van der Waals surface area contributed by atoms with E-state index in [1.165, 1.54) is 6.20 Å². The molecule has 15 heavy (non-hydrogen) atoms. The van der Waals surface area contributed by atoms with Crippen LogP contribution in [0.15, 0.2) is 18.3 Å². The van der Waals surface area contributed by atoms with Gasteiger partial charge < -0.3 is 0 Å². The Morgan fingerprint density at radius 3 is 2.60 bits per heavy atom. The van der Waals surface area contributed by atoms with Crippen molar-refractivity contribution in [2.45, 2.75) is 38.8 Å². The molecule has 0 amide bonds. The highest BCUT2D eigenvalue weighted by molar-refractivity contribution is 5.21. The van der Waals surface area contributed by atoms with Crippen LogP contribution < -0.4 is 0 Å². The number of hydrogen-bond acceptors (Lipinski definition) is 1. The fourth-order valence-corrected chi connectivity index (χ4v) is 1.48. The maximum Gasteiger partial charge on any atom is 0.416 e. The first kappa shape index (κ1) is 12.0. The molecule has 0 aliphatic carbocycles. The van der Waals surface area contributed by atoms with E-state index in [2.05, 4.69) is 4.98 Å². The number of alkyl halides is 3. The molecule has 1 heterocycles. The zero-order valence-electron chi connectivity index (χ0n) is 8.80. The fraction of sp³-hybridized carbons (Fsp3) is 0.545. The lowest BCUT2D eigenvalue weighted by Crippen LogP contribution is -2.07. The van der Waals surface area contributed by atoms with Crippen LogP contribution in [0.5, 0.6) is 0 Å². The Hall–Kier alpha value is -1.06. The van der Waals surface area contributed by atoms with E-state index in [1.807, 2.05) is 13.8 Å². The first-order valence-corrected chi connectivity index (χ1v) is 4.98. The first-order chi connectivity index (χ1) is 6.95. The van der Waals surface area contributed by atoms with Gasteiger partial charge in [0, 0.05) is 11.9 Å². The first-order valence-electron chi connectivity index (χ1n) is 4.98. The zero-order chi connectivity index (χ0) is 11.5. The van der Waals surface area contributed by atoms with Crippen LogP contribution >= 0.6 is 0 Å². The van der Waals surface area contributed by atoms with Crippen molar-refractivity contribution in [1.82, 2.24) is 4.98 Å². The van der Waals surface area contributed by atoms with Crippen molar-refractivity contribution in [2.75, 3.05) is 0 Å². The standard InChI is InChI=1S/C11H14F3N/c1-3-4-8(2)10-7-9(5-6-15-10)11(12,13)14/h5-8H,3-4H2,1-2H3. The molecule has 0 spiro atoms. The molecule has 0 N–H and O–H groups in total. The summed E-state index contributed by atoms with van der Waals surface area (Å²) in [6.07, 6.45) is -1.25. The third-order valence-electron chi connectivity index (χ3n) is 2.34. The Bertz CT molecular complexity index is 320. The quantitative estimate of drug-likeness (QED) is 0.745. The van der Waals surface area contributed by atoms with Crippen LogP contribution in [0.2, 0.25) is 0 Å². The minimum Gasteiger partial charge on any atom is -0.261 e. The molecule has 1 rings (SSSR count). The third-order valence-corrected chi connectivity index (χ3v) is 2.34. The van der Waals surface area contributed by atoms with Crippen LogP contribution in [0, 0.1) is 0 Å². The van der Waals surface area contributed by atoms with Gasteiger partial charge in [-0.2, -0.15) is 13.2 Å². The number of rotatable bonds is 3. The molecule has 0 aliphatic heterocycles. The number of nitrogens with zero attached hydrogens (tertiary/aromatic N) is 1. The Morgan fingerprint density at radius 2 is 2.07 bits per heavy atom. The SMILES string of the molecule is CCCC(C)c1cc(C(F)(F)F)ccn1. The molecule has 0 aliphatic rings. The van der Waals surface area contributed by atoms with Crippen molar-refractivity contribution in [1.29, 1.82) is 0 Å². The second-order valence-corrected chi connectivity index (χ2v) is 3.66. The van der Waals surface area contributed by atoms with Gasteiger partial charge in [0.2, 0.25) is 0 Å². The smallest absolute Gasteiger partial charge is 0.261 e. The molecular weight excluding hydrogens is 203 g/mol. The number of aromatic nitrogens is 1. The van der Waals surface area contributed by atoms with Gasteiger partial charge in [-0.25, -0.2) is 0 Å². The molecule has 4 heteroatoms. The normalized spacial score (nSPS) is 13.9. The predicted octanol–water partition coefficient (Wildman–Crippen LogP) is 4.00. The van der Waals surface area contributed by atoms with Crippen LogP contribution in [0.25, 0.3) is 0 Å². The summed E-state index contributed by atoms with van der Waals surface area (Å²) in [6, 6.07) is 2.14. The molecule has 0 saturated heterocycles. The molecule has 0 saturated carbocycles. The van der Waals surface area contributed by atoms with Gasteiger partial charge in [-0.15, -0.1) is 0 Å². The van der Waals surface area contributed by atoms with Gasteiger partial charge in [0.1, 0.15) is 0 Å². The van der Waals surface area contributed by atoms with Crippen LogP contribution in [-0.2, 0) is 6.18 Å². The van der Waals surface area contributed by atoms with Crippen molar-refractivity contribution in [2.24, 2.45) is 0 Å². The molecule has 0 bridgehead atoms. The summed E-state index contributed by atoms with van der Waals surface area (Å²) < 4.78 is 37.2. The van der Waals surface area contributed by atoms with E-state index in [9.17, 15) is 13.2 Å². The van der Waals surface area contributed by atoms with E-state index >= 15 is 0 Å². The molecule has 1 aromatic rings. The fourth-order valence-electron chi connectivity index (χ4n) is 1.48. The van der Waals surface area contributed by atoms with Crippen molar-refractivity contribution in [3.63, 3.8) is 0 Å². The minimum absolute atomic E-state index is 0.0808. The summed E-state index contributed by atoms with van der Waals surface area (Å²) in [6.45, 7) is 3.90. The summed E-state index contributed by atoms with van der Waals surface area (Å²) in [5, 5.41) is 0. The largest absolute Gasteiger partial charge is 0.416 e. The van der Waals surface area contributed by atoms with Gasteiger partial charge in [-0.05, 0) is 24.5 Å². The minimum atomic E-state index is -4.27. The Morgan fingerprint density at radius 1 is 1.40 bits per heavy atom. The Kier molecular flexibility index (Phi) is 3.72. The van der Waals surface area contributed by atoms with Crippen LogP contribution in [0.1, 0.15) is 43.9 Å². The van der Waals surface area contributed by atoms with E-state index in [0.29, 0.717) is 5.69 Å². The van der Waals surface area contributed by atoms with E-state index in [0.717, 1.165) is 25.0 Å². The number of halogens is 3. The second kappa shape index (κ2) is 4.64. The van der Waals surface area contributed by atoms with Gasteiger partial charge in [0.25, 0.3) is 0 Å². The molecule has 1 nitrogen and oxygen atoms in total. The van der Waals surface area contributed by atoms with Crippen molar-refractivity contribution >= 4 is 0 Å². The van der Waals surface area contributed by atoms with Gasteiger partial charge >= 0.3 is 6.18 Å². The molecule has 0 aromatic carbocycles. The summed E-state index contributed by atoms with van der Waals surface area (Å²) in [5.41, 5.74) is -0.0953. The molecular formula is C11H14F3N. The maximum absolute atomic E-state index is 12.4. The topological polar surface area (TPSA) is 12.9 Å². The molecule has 1 atom stereocenters. The lowest BCUT2D eigenvalue weighted by atomic mass is 10.0. The summed E-state index contributed by atoms with van der Waals surface area (Å²) >= 11 is 0. The van der Waals surface area contributed by atoms with E-state index in [-0.39, 0.29) is 5.92 Å². The van der Waals surface area contributed by atoms with Crippen LogP contribution in [0.3, 0.4) is 0 Å². The van der Waals surface area contributed by atoms with E-state index in [1.54, 1.807) is 0 Å². The Balaban J connectivity index is 2.92. The second-order valence-electron chi connectivity index (χ2n) is 3.66. The molecule has 0 radical (unpaired) electrons. The highest BCUT2D eigenvalue weighted by atomic mass is 19.4. The number of hydrogen-bond donors (Lipinski definition) is 0. The van der Waals surface area contributed by atoms with Crippen LogP contribution in [0.4, 0.5) is 13.2 Å². The summed E-state index contributed by atoms with van der Waals surface area (Å²) in [7, 11) is 0. The zero-order valence-corrected chi connectivity index (χ0v) is 8.80. The predicted molar refractivity (Wildman–Crippen MR) is 52.6 cm³/mol. The molecule has 0 fully saturated rings. The maximum atomic E-state index is 12.4. The average molecular weight is 217 g/mol. The van der Waals surface area contributed by atoms with E-state index < -0.39 is 11.7 Å². The van der Waals surface area contributed by atoms with Crippen molar-refractivity contribution < 1.29 is 13.2 Å². The number of pyridine rings is 1. The summed E-state index contributed by atoms with van der Waals surface area (Å²) in [5.74, 6) is 0.0808. The monoisotopic (exact) mass is 217 g/mol. The van der Waals surface area contributed by atoms with Crippen LogP contribution in [-0.4, -0.2) is 4.98 Å². The highest BCUT2D eigenvalue weighted by Crippen LogP contribution is 2.30. The molecule has 1 aromatic heterocycles.